The molecule has 3 rings (SSSR count). The fourth-order valence-corrected chi connectivity index (χ4v) is 3.86. The molecule has 1 aromatic heterocycles. The minimum atomic E-state index is -0.611. The van der Waals surface area contributed by atoms with Gasteiger partial charge in [0.25, 0.3) is 11.1 Å². The number of unbranched alkanes of at least 4 members (excludes halogenated alkanes) is 1. The van der Waals surface area contributed by atoms with Crippen molar-refractivity contribution in [2.75, 3.05) is 13.2 Å². The summed E-state index contributed by atoms with van der Waals surface area (Å²) in [4.78, 5) is 37.4. The fourth-order valence-electron chi connectivity index (χ4n) is 2.54. The van der Waals surface area contributed by atoms with E-state index in [1.807, 2.05) is 6.92 Å². The average Bonchev–Trinajstić information content (AvgIpc) is 3.22. The zero-order valence-corrected chi connectivity index (χ0v) is 17.8. The van der Waals surface area contributed by atoms with Gasteiger partial charge in [-0.05, 0) is 48.5 Å². The minimum Gasteiger partial charge on any atom is -0.464 e. The van der Waals surface area contributed by atoms with Crippen LogP contribution in [0.2, 0.25) is 10.0 Å². The molecule has 0 unspecified atom stereocenters. The lowest BCUT2D eigenvalue weighted by Crippen LogP contribution is -2.34. The molecular formula is C20H17Cl2NO5S. The zero-order valence-electron chi connectivity index (χ0n) is 15.4. The number of imide groups is 1. The first kappa shape index (κ1) is 21.5. The number of benzene rings is 1. The highest BCUT2D eigenvalue weighted by Crippen LogP contribution is 2.35. The SMILES string of the molecule is CCCCOC(=O)CN1C(=O)S/C(=C/c2ccc(-c3ccc(Cl)cc3Cl)o2)C1=O. The van der Waals surface area contributed by atoms with E-state index in [1.54, 1.807) is 30.3 Å². The van der Waals surface area contributed by atoms with Gasteiger partial charge in [-0.15, -0.1) is 0 Å². The van der Waals surface area contributed by atoms with Gasteiger partial charge < -0.3 is 9.15 Å². The number of nitrogens with zero attached hydrogens (tertiary/aromatic N) is 1. The molecule has 29 heavy (non-hydrogen) atoms. The fraction of sp³-hybridized carbons (Fsp3) is 0.250. The second-order valence-corrected chi connectivity index (χ2v) is 8.00. The molecule has 2 amide bonds. The van der Waals surface area contributed by atoms with E-state index in [1.165, 1.54) is 6.08 Å². The third-order valence-corrected chi connectivity index (χ3v) is 5.47. The van der Waals surface area contributed by atoms with Crippen LogP contribution in [0.3, 0.4) is 0 Å². The molecule has 6 nitrogen and oxygen atoms in total. The van der Waals surface area contributed by atoms with Crippen molar-refractivity contribution in [1.29, 1.82) is 0 Å². The summed E-state index contributed by atoms with van der Waals surface area (Å²) in [5, 5.41) is 0.411. The molecule has 0 saturated carbocycles. The number of amides is 2. The second-order valence-electron chi connectivity index (χ2n) is 6.17. The smallest absolute Gasteiger partial charge is 0.326 e. The number of thioether (sulfide) groups is 1. The van der Waals surface area contributed by atoms with Crippen molar-refractivity contribution in [3.05, 3.63) is 51.0 Å². The molecule has 1 saturated heterocycles. The predicted molar refractivity (Wildman–Crippen MR) is 113 cm³/mol. The molecule has 1 aromatic carbocycles. The molecule has 1 fully saturated rings. The standard InChI is InChI=1S/C20H17Cl2NO5S/c1-2-3-8-27-18(24)11-23-19(25)17(29-20(23)26)10-13-5-7-16(28-13)14-6-4-12(21)9-15(14)22/h4-7,9-10H,2-3,8,11H2,1H3/b17-10+. The molecule has 0 bridgehead atoms. The average molecular weight is 454 g/mol. The lowest BCUT2D eigenvalue weighted by molar-refractivity contribution is -0.146. The van der Waals surface area contributed by atoms with Crippen LogP contribution in [0.5, 0.6) is 0 Å². The van der Waals surface area contributed by atoms with Gasteiger partial charge in [-0.3, -0.25) is 19.3 Å². The monoisotopic (exact) mass is 453 g/mol. The quantitative estimate of drug-likeness (QED) is 0.307. The highest BCUT2D eigenvalue weighted by molar-refractivity contribution is 8.18. The van der Waals surface area contributed by atoms with Crippen LogP contribution in [-0.4, -0.2) is 35.2 Å². The lowest BCUT2D eigenvalue weighted by Gasteiger charge is -2.11. The zero-order chi connectivity index (χ0) is 21.0. The Bertz CT molecular complexity index is 985. The molecule has 2 heterocycles. The van der Waals surface area contributed by atoms with Crippen molar-refractivity contribution >= 4 is 58.2 Å². The number of halogens is 2. The first-order valence-electron chi connectivity index (χ1n) is 8.85. The van der Waals surface area contributed by atoms with Gasteiger partial charge in [-0.25, -0.2) is 0 Å². The van der Waals surface area contributed by atoms with Crippen molar-refractivity contribution in [2.45, 2.75) is 19.8 Å². The summed E-state index contributed by atoms with van der Waals surface area (Å²) in [5.41, 5.74) is 0.652. The first-order chi connectivity index (χ1) is 13.9. The summed E-state index contributed by atoms with van der Waals surface area (Å²) in [7, 11) is 0. The molecule has 0 atom stereocenters. The highest BCUT2D eigenvalue weighted by atomic mass is 35.5. The van der Waals surface area contributed by atoms with Gasteiger partial charge in [-0.1, -0.05) is 36.5 Å². The highest BCUT2D eigenvalue weighted by Gasteiger charge is 2.36. The second kappa shape index (κ2) is 9.52. The Hall–Kier alpha value is -2.22. The molecular weight excluding hydrogens is 437 g/mol. The van der Waals surface area contributed by atoms with E-state index in [4.69, 9.17) is 32.4 Å². The van der Waals surface area contributed by atoms with Gasteiger partial charge in [0.1, 0.15) is 18.1 Å². The Kier molecular flexibility index (Phi) is 7.05. The van der Waals surface area contributed by atoms with Crippen molar-refractivity contribution < 1.29 is 23.5 Å². The van der Waals surface area contributed by atoms with Gasteiger partial charge in [0.05, 0.1) is 16.5 Å². The molecule has 0 spiro atoms. The maximum Gasteiger partial charge on any atom is 0.326 e. The third kappa shape index (κ3) is 5.23. The van der Waals surface area contributed by atoms with Crippen LogP contribution < -0.4 is 0 Å². The maximum absolute atomic E-state index is 12.5. The number of furan rings is 1. The maximum atomic E-state index is 12.5. The number of carbonyl (C=O) groups is 3. The summed E-state index contributed by atoms with van der Waals surface area (Å²) in [5.74, 6) is -0.298. The van der Waals surface area contributed by atoms with Crippen LogP contribution in [0, 0.1) is 0 Å². The van der Waals surface area contributed by atoms with Crippen LogP contribution in [0.25, 0.3) is 17.4 Å². The van der Waals surface area contributed by atoms with E-state index in [0.29, 0.717) is 27.1 Å². The van der Waals surface area contributed by atoms with E-state index in [2.05, 4.69) is 0 Å². The number of esters is 1. The Morgan fingerprint density at radius 2 is 2.03 bits per heavy atom. The van der Waals surface area contributed by atoms with Gasteiger partial charge >= 0.3 is 5.97 Å². The molecule has 9 heteroatoms. The Balaban J connectivity index is 1.71. The number of hydrogen-bond acceptors (Lipinski definition) is 6. The Morgan fingerprint density at radius 3 is 2.76 bits per heavy atom. The van der Waals surface area contributed by atoms with Gasteiger partial charge in [0.2, 0.25) is 0 Å². The Labute approximate surface area is 181 Å². The van der Waals surface area contributed by atoms with Gasteiger partial charge in [0, 0.05) is 16.7 Å². The predicted octanol–water partition coefficient (Wildman–Crippen LogP) is 5.63. The summed E-state index contributed by atoms with van der Waals surface area (Å²) in [6, 6.07) is 8.39. The van der Waals surface area contributed by atoms with Crippen molar-refractivity contribution in [1.82, 2.24) is 4.90 Å². The van der Waals surface area contributed by atoms with Crippen LogP contribution >= 0.6 is 35.0 Å². The summed E-state index contributed by atoms with van der Waals surface area (Å²) >= 11 is 12.8. The summed E-state index contributed by atoms with van der Waals surface area (Å²) < 4.78 is 10.7. The molecule has 2 aromatic rings. The van der Waals surface area contributed by atoms with Gasteiger partial charge in [-0.2, -0.15) is 0 Å². The molecule has 1 aliphatic heterocycles. The summed E-state index contributed by atoms with van der Waals surface area (Å²) in [6.07, 6.45) is 3.07. The van der Waals surface area contributed by atoms with E-state index in [0.717, 1.165) is 29.5 Å². The van der Waals surface area contributed by atoms with Gasteiger partial charge in [0.15, 0.2) is 0 Å². The molecule has 152 valence electrons. The van der Waals surface area contributed by atoms with Crippen LogP contribution in [-0.2, 0) is 14.3 Å². The molecule has 1 aliphatic rings. The largest absolute Gasteiger partial charge is 0.464 e. The normalized spacial score (nSPS) is 15.4. The van der Waals surface area contributed by atoms with Crippen molar-refractivity contribution in [3.8, 4) is 11.3 Å². The van der Waals surface area contributed by atoms with E-state index >= 15 is 0 Å². The summed E-state index contributed by atoms with van der Waals surface area (Å²) in [6.45, 7) is 1.83. The topological polar surface area (TPSA) is 76.8 Å². The van der Waals surface area contributed by atoms with Crippen LogP contribution in [0.15, 0.2) is 39.7 Å². The number of ether oxygens (including phenoxy) is 1. The van der Waals surface area contributed by atoms with Crippen molar-refractivity contribution in [2.24, 2.45) is 0 Å². The lowest BCUT2D eigenvalue weighted by atomic mass is 10.2. The molecule has 0 aliphatic carbocycles. The van der Waals surface area contributed by atoms with Crippen LogP contribution in [0.4, 0.5) is 4.79 Å². The van der Waals surface area contributed by atoms with E-state index < -0.39 is 23.7 Å². The molecule has 0 N–H and O–H groups in total. The molecule has 0 radical (unpaired) electrons. The first-order valence-corrected chi connectivity index (χ1v) is 10.4. The third-order valence-electron chi connectivity index (χ3n) is 4.02. The number of rotatable bonds is 7. The minimum absolute atomic E-state index is 0.166. The van der Waals surface area contributed by atoms with Crippen molar-refractivity contribution in [3.63, 3.8) is 0 Å². The van der Waals surface area contributed by atoms with Crippen LogP contribution in [0.1, 0.15) is 25.5 Å². The van der Waals surface area contributed by atoms with E-state index in [-0.39, 0.29) is 11.5 Å². The number of hydrogen-bond donors (Lipinski definition) is 0. The number of carbonyl (C=O) groups excluding carboxylic acids is 3. The Morgan fingerprint density at radius 1 is 1.24 bits per heavy atom. The van der Waals surface area contributed by atoms with E-state index in [9.17, 15) is 14.4 Å².